The number of fused-ring (bicyclic) bond motifs is 4. The Kier molecular flexibility index (Phi) is 13.3. The fraction of sp³-hybridized carbons (Fsp3) is 0.520. The minimum absolute atomic E-state index is 0.0288. The lowest BCUT2D eigenvalue weighted by Gasteiger charge is -2.36. The van der Waals surface area contributed by atoms with Gasteiger partial charge in [0.15, 0.2) is 0 Å². The first-order valence-corrected chi connectivity index (χ1v) is 23.6. The monoisotopic (exact) mass is 869 g/mol. The number of aryl methyl sites for hydroxylation is 2. The van der Waals surface area contributed by atoms with Gasteiger partial charge in [0.25, 0.3) is 0 Å². The molecule has 2 aliphatic heterocycles. The summed E-state index contributed by atoms with van der Waals surface area (Å²) in [5.74, 6) is 2.25. The zero-order valence-electron chi connectivity index (χ0n) is 38.8. The average Bonchev–Trinajstić information content (AvgIpc) is 3.92. The number of anilines is 2. The van der Waals surface area contributed by atoms with Crippen molar-refractivity contribution in [3.8, 4) is 0 Å². The molecule has 0 radical (unpaired) electrons. The van der Waals surface area contributed by atoms with Gasteiger partial charge in [-0.2, -0.15) is 0 Å². The molecule has 4 aliphatic rings. The van der Waals surface area contributed by atoms with Crippen molar-refractivity contribution in [3.05, 3.63) is 118 Å². The Bertz CT molecular complexity index is 2350. The van der Waals surface area contributed by atoms with E-state index in [-0.39, 0.29) is 37.4 Å². The number of piperazine rings is 2. The number of imidazole rings is 2. The Hall–Kier alpha value is -4.96. The van der Waals surface area contributed by atoms with Gasteiger partial charge in [-0.25, -0.2) is 9.97 Å². The maximum Gasteiger partial charge on any atom is 0.138 e. The predicted octanol–water partition coefficient (Wildman–Crippen LogP) is 6.09. The molecule has 0 aromatic carbocycles. The van der Waals surface area contributed by atoms with E-state index in [1.165, 1.54) is 35.4 Å². The molecular weight excluding hydrogens is 801 g/mol. The molecule has 0 bridgehead atoms. The third-order valence-electron chi connectivity index (χ3n) is 14.8. The lowest BCUT2D eigenvalue weighted by Crippen LogP contribution is -2.45. The SMILES string of the molecule is CC(c1nc2cccc(N3CCN(C)CC3)n2c1CO)N(C)[C@H]1CCCc2cccnc21.CC(c1nc2cccc(N3CCN(C)CC3)n2c1CO)N(C)[C@H]1CCCc2cccnc21. The van der Waals surface area contributed by atoms with Crippen LogP contribution >= 0.6 is 0 Å². The molecule has 8 heterocycles. The van der Waals surface area contributed by atoms with Crippen LogP contribution in [0, 0.1) is 0 Å². The number of aliphatic hydroxyl groups excluding tert-OH is 2. The van der Waals surface area contributed by atoms with E-state index < -0.39 is 0 Å². The number of rotatable bonds is 10. The summed E-state index contributed by atoms with van der Waals surface area (Å²) in [5, 5.41) is 20.9. The van der Waals surface area contributed by atoms with Crippen LogP contribution in [0.25, 0.3) is 11.3 Å². The van der Waals surface area contributed by atoms with E-state index in [2.05, 4.69) is 117 Å². The summed E-state index contributed by atoms with van der Waals surface area (Å²) in [5.41, 5.74) is 10.6. The standard InChI is InChI=1S/2C25H34N6O/c2*1-18(29(3)20-9-4-7-19-8-6-12-26-25(19)20)24-21(17-32)31-22(27-24)10-5-11-23(31)30-15-13-28(2)14-16-30/h2*5-6,8,10-12,18,20,32H,4,7,9,13-17H2,1-3H3/t2*18?,20-/m00/s1. The lowest BCUT2D eigenvalue weighted by atomic mass is 9.90. The number of pyridine rings is 4. The molecular formula is C50H68N12O2. The zero-order chi connectivity index (χ0) is 44.5. The molecule has 2 aliphatic carbocycles. The van der Waals surface area contributed by atoms with Crippen molar-refractivity contribution in [2.45, 2.75) is 89.8 Å². The Morgan fingerprint density at radius 3 is 1.38 bits per heavy atom. The first kappa shape index (κ1) is 44.3. The largest absolute Gasteiger partial charge is 0.390 e. The number of aromatic nitrogens is 6. The van der Waals surface area contributed by atoms with Crippen molar-refractivity contribution in [2.75, 3.05) is 90.3 Å². The van der Waals surface area contributed by atoms with Crippen LogP contribution in [0.2, 0.25) is 0 Å². The third kappa shape index (κ3) is 8.52. The summed E-state index contributed by atoms with van der Waals surface area (Å²) in [4.78, 5) is 33.8. The minimum Gasteiger partial charge on any atom is -0.390 e. The van der Waals surface area contributed by atoms with Gasteiger partial charge in [-0.05, 0) is 128 Å². The molecule has 2 fully saturated rings. The predicted molar refractivity (Wildman–Crippen MR) is 254 cm³/mol. The van der Waals surface area contributed by atoms with Crippen molar-refractivity contribution in [1.29, 1.82) is 0 Å². The van der Waals surface area contributed by atoms with Crippen molar-refractivity contribution < 1.29 is 10.2 Å². The molecule has 14 nitrogen and oxygen atoms in total. The molecule has 0 spiro atoms. The molecule has 10 rings (SSSR count). The molecule has 14 heteroatoms. The summed E-state index contributed by atoms with van der Waals surface area (Å²) in [6, 6.07) is 21.7. The van der Waals surface area contributed by atoms with Gasteiger partial charge in [0.05, 0.1) is 71.5 Å². The van der Waals surface area contributed by atoms with Gasteiger partial charge in [-0.15, -0.1) is 0 Å². The number of hydrogen-bond acceptors (Lipinski definition) is 12. The van der Waals surface area contributed by atoms with Crippen molar-refractivity contribution in [1.82, 2.24) is 48.3 Å². The molecule has 340 valence electrons. The molecule has 4 atom stereocenters. The molecule has 6 aromatic heterocycles. The highest BCUT2D eigenvalue weighted by molar-refractivity contribution is 5.57. The maximum absolute atomic E-state index is 10.5. The fourth-order valence-corrected chi connectivity index (χ4v) is 10.7. The van der Waals surface area contributed by atoms with Gasteiger partial charge in [-0.3, -0.25) is 28.6 Å². The van der Waals surface area contributed by atoms with Crippen molar-refractivity contribution in [2.24, 2.45) is 0 Å². The summed E-state index contributed by atoms with van der Waals surface area (Å²) in [7, 11) is 8.68. The van der Waals surface area contributed by atoms with Crippen LogP contribution in [0.4, 0.5) is 11.6 Å². The maximum atomic E-state index is 10.5. The van der Waals surface area contributed by atoms with Crippen LogP contribution in [0.3, 0.4) is 0 Å². The highest BCUT2D eigenvalue weighted by atomic mass is 16.3. The molecule has 2 unspecified atom stereocenters. The number of hydrogen-bond donors (Lipinski definition) is 2. The average molecular weight is 869 g/mol. The van der Waals surface area contributed by atoms with E-state index in [0.717, 1.165) is 124 Å². The van der Waals surface area contributed by atoms with E-state index in [4.69, 9.17) is 19.9 Å². The molecule has 6 aromatic rings. The highest BCUT2D eigenvalue weighted by Gasteiger charge is 2.33. The van der Waals surface area contributed by atoms with Gasteiger partial charge in [0, 0.05) is 64.8 Å². The van der Waals surface area contributed by atoms with Crippen molar-refractivity contribution in [3.63, 3.8) is 0 Å². The summed E-state index contributed by atoms with van der Waals surface area (Å²) in [6.07, 6.45) is 10.6. The molecule has 2 saturated heterocycles. The highest BCUT2D eigenvalue weighted by Crippen LogP contribution is 2.40. The number of nitrogens with zero attached hydrogens (tertiary/aromatic N) is 12. The second-order valence-corrected chi connectivity index (χ2v) is 18.5. The van der Waals surface area contributed by atoms with Crippen LogP contribution in [-0.2, 0) is 26.1 Å². The van der Waals surface area contributed by atoms with Gasteiger partial charge >= 0.3 is 0 Å². The van der Waals surface area contributed by atoms with E-state index in [1.54, 1.807) is 0 Å². The van der Waals surface area contributed by atoms with Crippen LogP contribution in [0.15, 0.2) is 73.1 Å². The van der Waals surface area contributed by atoms with Gasteiger partial charge < -0.3 is 29.8 Å². The first-order valence-electron chi connectivity index (χ1n) is 23.6. The van der Waals surface area contributed by atoms with Gasteiger partial charge in [-0.1, -0.05) is 24.3 Å². The summed E-state index contributed by atoms with van der Waals surface area (Å²) < 4.78 is 4.33. The van der Waals surface area contributed by atoms with E-state index in [1.807, 2.05) is 36.7 Å². The quantitative estimate of drug-likeness (QED) is 0.166. The molecule has 0 amide bonds. The summed E-state index contributed by atoms with van der Waals surface area (Å²) in [6.45, 7) is 12.4. The Labute approximate surface area is 378 Å². The second kappa shape index (κ2) is 19.3. The lowest BCUT2D eigenvalue weighted by molar-refractivity contribution is 0.159. The third-order valence-corrected chi connectivity index (χ3v) is 14.8. The van der Waals surface area contributed by atoms with E-state index in [9.17, 15) is 10.2 Å². The van der Waals surface area contributed by atoms with Crippen LogP contribution < -0.4 is 9.80 Å². The molecule has 64 heavy (non-hydrogen) atoms. The van der Waals surface area contributed by atoms with E-state index in [0.29, 0.717) is 0 Å². The fourth-order valence-electron chi connectivity index (χ4n) is 10.7. The molecule has 2 N–H and O–H groups in total. The topological polar surface area (TPSA) is 120 Å². The van der Waals surface area contributed by atoms with Crippen LogP contribution in [0.5, 0.6) is 0 Å². The van der Waals surface area contributed by atoms with Crippen molar-refractivity contribution >= 4 is 22.9 Å². The zero-order valence-corrected chi connectivity index (χ0v) is 38.8. The number of aliphatic hydroxyl groups is 2. The Balaban J connectivity index is 0.000000162. The van der Waals surface area contributed by atoms with Gasteiger partial charge in [0.1, 0.15) is 22.9 Å². The van der Waals surface area contributed by atoms with E-state index >= 15 is 0 Å². The normalized spacial score (nSPS) is 20.7. The Morgan fingerprint density at radius 1 is 0.578 bits per heavy atom. The smallest absolute Gasteiger partial charge is 0.138 e. The Morgan fingerprint density at radius 2 is 0.984 bits per heavy atom. The molecule has 0 saturated carbocycles. The number of likely N-dealkylation sites (N-methyl/N-ethyl adjacent to an activating group) is 2. The van der Waals surface area contributed by atoms with Crippen LogP contribution in [-0.4, -0.2) is 139 Å². The second-order valence-electron chi connectivity index (χ2n) is 18.5. The van der Waals surface area contributed by atoms with Crippen LogP contribution in [0.1, 0.15) is 109 Å². The minimum atomic E-state index is -0.0288. The summed E-state index contributed by atoms with van der Waals surface area (Å²) >= 11 is 0. The van der Waals surface area contributed by atoms with Gasteiger partial charge in [0.2, 0.25) is 0 Å². The first-order chi connectivity index (χ1) is 31.2.